The van der Waals surface area contributed by atoms with Gasteiger partial charge >= 0.3 is 0 Å². The summed E-state index contributed by atoms with van der Waals surface area (Å²) < 4.78 is 0.988. The molecule has 1 aliphatic carbocycles. The zero-order valence-electron chi connectivity index (χ0n) is 9.42. The molecule has 0 aliphatic heterocycles. The number of carbonyl (C=O) groups is 1. The van der Waals surface area contributed by atoms with Gasteiger partial charge in [0.25, 0.3) is 5.91 Å². The maximum absolute atomic E-state index is 11.9. The molecular weight excluding hydrogens is 266 g/mol. The Morgan fingerprint density at radius 3 is 2.94 bits per heavy atom. The molecule has 16 heavy (non-hydrogen) atoms. The number of benzene rings is 1. The first-order chi connectivity index (χ1) is 7.68. The first-order valence-corrected chi connectivity index (χ1v) is 6.51. The Hall–Kier alpha value is -0.830. The monoisotopic (exact) mass is 281 g/mol. The predicted octanol–water partition coefficient (Wildman–Crippen LogP) is 3.29. The highest BCUT2D eigenvalue weighted by Crippen LogP contribution is 2.31. The van der Waals surface area contributed by atoms with Crippen molar-refractivity contribution in [3.05, 3.63) is 33.8 Å². The van der Waals surface area contributed by atoms with E-state index in [1.165, 1.54) is 12.8 Å². The summed E-state index contributed by atoms with van der Waals surface area (Å²) in [5, 5.41) is 2.98. The number of hydrogen-bond donors (Lipinski definition) is 1. The van der Waals surface area contributed by atoms with Crippen LogP contribution >= 0.6 is 15.9 Å². The van der Waals surface area contributed by atoms with Gasteiger partial charge in [-0.15, -0.1) is 0 Å². The average molecular weight is 282 g/mol. The minimum atomic E-state index is 0.0412. The molecule has 1 fully saturated rings. The molecule has 1 amide bonds. The Labute approximate surface area is 105 Å². The molecule has 1 aromatic carbocycles. The minimum absolute atomic E-state index is 0.0412. The van der Waals surface area contributed by atoms with Crippen molar-refractivity contribution < 1.29 is 4.79 Å². The maximum Gasteiger partial charge on any atom is 0.251 e. The van der Waals surface area contributed by atoms with E-state index >= 15 is 0 Å². The fourth-order valence-electron chi connectivity index (χ4n) is 1.75. The van der Waals surface area contributed by atoms with Gasteiger partial charge in [-0.25, -0.2) is 0 Å². The van der Waals surface area contributed by atoms with Crippen molar-refractivity contribution in [2.45, 2.75) is 26.2 Å². The summed E-state index contributed by atoms with van der Waals surface area (Å²) in [6.07, 6.45) is 3.80. The molecule has 0 unspecified atom stereocenters. The lowest BCUT2D eigenvalue weighted by molar-refractivity contribution is 0.0952. The molecule has 86 valence electrons. The fraction of sp³-hybridized carbons (Fsp3) is 0.462. The lowest BCUT2D eigenvalue weighted by Crippen LogP contribution is -2.25. The topological polar surface area (TPSA) is 29.1 Å². The van der Waals surface area contributed by atoms with E-state index < -0.39 is 0 Å². The average Bonchev–Trinajstić information content (AvgIpc) is 3.06. The van der Waals surface area contributed by atoms with E-state index in [-0.39, 0.29) is 5.91 Å². The Balaban J connectivity index is 1.93. The molecule has 0 saturated heterocycles. The van der Waals surface area contributed by atoms with E-state index in [9.17, 15) is 4.79 Å². The molecule has 1 saturated carbocycles. The summed E-state index contributed by atoms with van der Waals surface area (Å²) in [5.74, 6) is 0.906. The van der Waals surface area contributed by atoms with Crippen LogP contribution in [0, 0.1) is 12.8 Å². The van der Waals surface area contributed by atoms with Crippen LogP contribution in [0.2, 0.25) is 0 Å². The summed E-state index contributed by atoms with van der Waals surface area (Å²) >= 11 is 3.44. The fourth-order valence-corrected chi connectivity index (χ4v) is 2.11. The highest BCUT2D eigenvalue weighted by atomic mass is 79.9. The van der Waals surface area contributed by atoms with Gasteiger partial charge in [-0.2, -0.15) is 0 Å². The van der Waals surface area contributed by atoms with Crippen LogP contribution in [0.5, 0.6) is 0 Å². The van der Waals surface area contributed by atoms with E-state index in [0.29, 0.717) is 0 Å². The Morgan fingerprint density at radius 1 is 1.50 bits per heavy atom. The van der Waals surface area contributed by atoms with Gasteiger partial charge < -0.3 is 5.32 Å². The Morgan fingerprint density at radius 2 is 2.25 bits per heavy atom. The van der Waals surface area contributed by atoms with Crippen molar-refractivity contribution in [2.24, 2.45) is 5.92 Å². The van der Waals surface area contributed by atoms with Crippen LogP contribution in [-0.4, -0.2) is 12.5 Å². The third-order valence-corrected chi connectivity index (χ3v) is 3.91. The maximum atomic E-state index is 11.9. The van der Waals surface area contributed by atoms with Gasteiger partial charge in [0.05, 0.1) is 0 Å². The molecule has 0 heterocycles. The third kappa shape index (κ3) is 2.85. The number of halogens is 1. The molecule has 2 rings (SSSR count). The normalized spacial score (nSPS) is 14.9. The number of nitrogens with one attached hydrogen (secondary N) is 1. The van der Waals surface area contributed by atoms with Crippen LogP contribution < -0.4 is 5.32 Å². The van der Waals surface area contributed by atoms with Crippen molar-refractivity contribution in [1.82, 2.24) is 5.32 Å². The summed E-state index contributed by atoms with van der Waals surface area (Å²) in [5.41, 5.74) is 1.77. The van der Waals surface area contributed by atoms with E-state index in [2.05, 4.69) is 21.2 Å². The number of carbonyl (C=O) groups excluding carboxylic acids is 1. The lowest BCUT2D eigenvalue weighted by Gasteiger charge is -2.08. The van der Waals surface area contributed by atoms with Gasteiger partial charge in [0.15, 0.2) is 0 Å². The van der Waals surface area contributed by atoms with Crippen LogP contribution in [0.3, 0.4) is 0 Å². The van der Waals surface area contributed by atoms with Crippen molar-refractivity contribution >= 4 is 21.8 Å². The molecule has 1 aliphatic rings. The smallest absolute Gasteiger partial charge is 0.251 e. The molecule has 0 bridgehead atoms. The van der Waals surface area contributed by atoms with Gasteiger partial charge in [-0.05, 0) is 37.0 Å². The van der Waals surface area contributed by atoms with Gasteiger partial charge in [-0.3, -0.25) is 4.79 Å². The van der Waals surface area contributed by atoms with Crippen LogP contribution in [0.4, 0.5) is 0 Å². The van der Waals surface area contributed by atoms with Crippen molar-refractivity contribution in [3.8, 4) is 0 Å². The van der Waals surface area contributed by atoms with E-state index in [0.717, 1.165) is 34.5 Å². The second-order valence-electron chi connectivity index (χ2n) is 4.40. The molecule has 0 spiro atoms. The molecular formula is C13H16BrNO. The summed E-state index contributed by atoms with van der Waals surface area (Å²) in [6, 6.07) is 5.72. The van der Waals surface area contributed by atoms with Crippen LogP contribution in [0.15, 0.2) is 22.7 Å². The SMILES string of the molecule is Cc1c(Br)cccc1C(=O)NCCC1CC1. The lowest BCUT2D eigenvalue weighted by atomic mass is 10.1. The molecule has 3 heteroatoms. The predicted molar refractivity (Wildman–Crippen MR) is 68.6 cm³/mol. The zero-order chi connectivity index (χ0) is 11.5. The Bertz CT molecular complexity index is 399. The molecule has 2 nitrogen and oxygen atoms in total. The highest BCUT2D eigenvalue weighted by Gasteiger charge is 2.20. The van der Waals surface area contributed by atoms with Gasteiger partial charge in [-0.1, -0.05) is 34.8 Å². The van der Waals surface area contributed by atoms with Crippen molar-refractivity contribution in [2.75, 3.05) is 6.54 Å². The van der Waals surface area contributed by atoms with E-state index in [1.54, 1.807) is 0 Å². The Kier molecular flexibility index (Phi) is 3.64. The second-order valence-corrected chi connectivity index (χ2v) is 5.25. The summed E-state index contributed by atoms with van der Waals surface area (Å²) in [6.45, 7) is 2.76. The number of hydrogen-bond acceptors (Lipinski definition) is 1. The van der Waals surface area contributed by atoms with E-state index in [1.807, 2.05) is 25.1 Å². The molecule has 0 atom stereocenters. The minimum Gasteiger partial charge on any atom is -0.352 e. The second kappa shape index (κ2) is 5.00. The summed E-state index contributed by atoms with van der Waals surface area (Å²) in [4.78, 5) is 11.9. The molecule has 0 radical (unpaired) electrons. The first kappa shape index (κ1) is 11.6. The molecule has 0 aromatic heterocycles. The number of rotatable bonds is 4. The zero-order valence-corrected chi connectivity index (χ0v) is 11.0. The standard InChI is InChI=1S/C13H16BrNO/c1-9-11(3-2-4-12(9)14)13(16)15-8-7-10-5-6-10/h2-4,10H,5-8H2,1H3,(H,15,16). The largest absolute Gasteiger partial charge is 0.352 e. The first-order valence-electron chi connectivity index (χ1n) is 5.72. The van der Waals surface area contributed by atoms with Gasteiger partial charge in [0, 0.05) is 16.6 Å². The van der Waals surface area contributed by atoms with Gasteiger partial charge in [0.2, 0.25) is 0 Å². The van der Waals surface area contributed by atoms with Crippen LogP contribution in [0.25, 0.3) is 0 Å². The van der Waals surface area contributed by atoms with Crippen molar-refractivity contribution in [1.29, 1.82) is 0 Å². The van der Waals surface area contributed by atoms with Crippen LogP contribution in [0.1, 0.15) is 35.2 Å². The number of amides is 1. The van der Waals surface area contributed by atoms with Gasteiger partial charge in [0.1, 0.15) is 0 Å². The third-order valence-electron chi connectivity index (χ3n) is 3.05. The van der Waals surface area contributed by atoms with E-state index in [4.69, 9.17) is 0 Å². The summed E-state index contributed by atoms with van der Waals surface area (Å²) in [7, 11) is 0. The quantitative estimate of drug-likeness (QED) is 0.902. The highest BCUT2D eigenvalue weighted by molar-refractivity contribution is 9.10. The molecule has 1 aromatic rings. The van der Waals surface area contributed by atoms with Crippen molar-refractivity contribution in [3.63, 3.8) is 0 Å². The van der Waals surface area contributed by atoms with Crippen LogP contribution in [-0.2, 0) is 0 Å². The molecule has 1 N–H and O–H groups in total.